The number of benzene rings is 2. The van der Waals surface area contributed by atoms with Gasteiger partial charge in [0.1, 0.15) is 18.1 Å². The summed E-state index contributed by atoms with van der Waals surface area (Å²) in [6.45, 7) is 6.68. The summed E-state index contributed by atoms with van der Waals surface area (Å²) >= 11 is 0. The Kier molecular flexibility index (Phi) is 8.68. The predicted molar refractivity (Wildman–Crippen MR) is 149 cm³/mol. The third-order valence-corrected chi connectivity index (χ3v) is 9.56. The van der Waals surface area contributed by atoms with Crippen molar-refractivity contribution >= 4 is 15.9 Å². The molecule has 3 aromatic rings. The van der Waals surface area contributed by atoms with Crippen LogP contribution in [0.1, 0.15) is 34.0 Å². The molecule has 0 bridgehead atoms. The van der Waals surface area contributed by atoms with Crippen molar-refractivity contribution in [1.29, 1.82) is 0 Å². The first-order chi connectivity index (χ1) is 18.6. The second-order valence-corrected chi connectivity index (χ2v) is 11.7. The Bertz CT molecular complexity index is 1450. The average molecular weight is 556 g/mol. The smallest absolute Gasteiger partial charge is 0.249 e. The van der Waals surface area contributed by atoms with Gasteiger partial charge in [-0.3, -0.25) is 4.79 Å². The Labute approximate surface area is 230 Å². The summed E-state index contributed by atoms with van der Waals surface area (Å²) in [4.78, 5) is 15.4. The number of fused-ring (bicyclic) bond motifs is 1. The fraction of sp³-hybridized carbons (Fsp3) is 0.414. The van der Waals surface area contributed by atoms with E-state index in [4.69, 9.17) is 14.2 Å². The highest BCUT2D eigenvalue weighted by Gasteiger charge is 2.32. The molecule has 0 spiro atoms. The highest BCUT2D eigenvalue weighted by atomic mass is 32.2. The lowest BCUT2D eigenvalue weighted by Gasteiger charge is -2.37. The van der Waals surface area contributed by atoms with Gasteiger partial charge in [0, 0.05) is 38.6 Å². The summed E-state index contributed by atoms with van der Waals surface area (Å²) in [7, 11) is 0.955. The van der Waals surface area contributed by atoms with Gasteiger partial charge in [0.15, 0.2) is 0 Å². The van der Waals surface area contributed by atoms with Crippen molar-refractivity contribution in [2.45, 2.75) is 38.3 Å². The molecule has 1 unspecified atom stereocenters. The van der Waals surface area contributed by atoms with Crippen molar-refractivity contribution in [2.75, 3.05) is 47.6 Å². The highest BCUT2D eigenvalue weighted by molar-refractivity contribution is 7.89. The van der Waals surface area contributed by atoms with Crippen LogP contribution < -0.4 is 9.47 Å². The van der Waals surface area contributed by atoms with Crippen molar-refractivity contribution in [2.24, 2.45) is 0 Å². The zero-order chi connectivity index (χ0) is 28.3. The first kappa shape index (κ1) is 28.7. The Morgan fingerprint density at radius 1 is 1.03 bits per heavy atom. The number of carbonyl (C=O) groups excluding carboxylic acids is 1. The molecule has 1 aliphatic rings. The number of aryl methyl sites for hydroxylation is 1. The van der Waals surface area contributed by atoms with Crippen molar-refractivity contribution in [1.82, 2.24) is 13.8 Å². The molecule has 0 radical (unpaired) electrons. The summed E-state index contributed by atoms with van der Waals surface area (Å²) in [5.41, 5.74) is 4.04. The SMILES string of the molecule is COc1cccc(C2c3cccn3CCN2C(=O)COCCN(C)S(=O)(=O)c2c(C)cc(OC)c(C)c2C)c1. The number of aromatic nitrogens is 1. The van der Waals surface area contributed by atoms with Crippen LogP contribution >= 0.6 is 0 Å². The predicted octanol–water partition coefficient (Wildman–Crippen LogP) is 3.70. The molecule has 1 atom stereocenters. The molecule has 4 rings (SSSR count). The van der Waals surface area contributed by atoms with E-state index in [1.54, 1.807) is 34.1 Å². The zero-order valence-electron chi connectivity index (χ0n) is 23.4. The van der Waals surface area contributed by atoms with Crippen molar-refractivity contribution in [3.8, 4) is 11.5 Å². The van der Waals surface area contributed by atoms with Crippen LogP contribution in [0, 0.1) is 20.8 Å². The highest BCUT2D eigenvalue weighted by Crippen LogP contribution is 2.34. The molecule has 39 heavy (non-hydrogen) atoms. The Hall–Kier alpha value is -3.34. The number of ether oxygens (including phenoxy) is 3. The summed E-state index contributed by atoms with van der Waals surface area (Å²) < 4.78 is 46.7. The van der Waals surface area contributed by atoms with Gasteiger partial charge in [-0.2, -0.15) is 4.31 Å². The normalized spacial score (nSPS) is 15.4. The van der Waals surface area contributed by atoms with Gasteiger partial charge in [0.2, 0.25) is 15.9 Å². The van der Waals surface area contributed by atoms with Crippen LogP contribution in [0.15, 0.2) is 53.6 Å². The average Bonchev–Trinajstić information content (AvgIpc) is 3.41. The first-order valence-corrected chi connectivity index (χ1v) is 14.3. The third kappa shape index (κ3) is 5.68. The monoisotopic (exact) mass is 555 g/mol. The van der Waals surface area contributed by atoms with E-state index in [0.717, 1.165) is 22.6 Å². The minimum Gasteiger partial charge on any atom is -0.497 e. The maximum atomic E-state index is 13.4. The fourth-order valence-corrected chi connectivity index (χ4v) is 6.79. The minimum atomic E-state index is -3.76. The van der Waals surface area contributed by atoms with Gasteiger partial charge in [0.05, 0.1) is 31.8 Å². The van der Waals surface area contributed by atoms with E-state index >= 15 is 0 Å². The van der Waals surface area contributed by atoms with Gasteiger partial charge in [-0.15, -0.1) is 0 Å². The van der Waals surface area contributed by atoms with Crippen LogP contribution in [0.25, 0.3) is 0 Å². The maximum Gasteiger partial charge on any atom is 0.249 e. The van der Waals surface area contributed by atoms with Gasteiger partial charge in [-0.05, 0) is 73.4 Å². The zero-order valence-corrected chi connectivity index (χ0v) is 24.2. The standard InChI is InChI=1S/C29H37N3O6S/c1-20-17-26(37-6)21(2)22(3)29(20)39(34,35)30(4)15-16-38-19-27(33)32-14-13-31-12-8-11-25(31)28(32)23-9-7-10-24(18-23)36-5/h7-12,17-18,28H,13-16,19H2,1-6H3. The number of methoxy groups -OCH3 is 2. The van der Waals surface area contributed by atoms with Gasteiger partial charge in [-0.25, -0.2) is 8.42 Å². The van der Waals surface area contributed by atoms with Gasteiger partial charge in [-0.1, -0.05) is 12.1 Å². The maximum absolute atomic E-state index is 13.4. The van der Waals surface area contributed by atoms with E-state index in [1.165, 1.54) is 11.4 Å². The Morgan fingerprint density at radius 2 is 1.79 bits per heavy atom. The van der Waals surface area contributed by atoms with Crippen molar-refractivity contribution in [3.63, 3.8) is 0 Å². The quantitative estimate of drug-likeness (QED) is 0.355. The van der Waals surface area contributed by atoms with Crippen LogP contribution in [0.3, 0.4) is 0 Å². The Balaban J connectivity index is 1.42. The second-order valence-electron chi connectivity index (χ2n) is 9.75. The minimum absolute atomic E-state index is 0.0861. The number of likely N-dealkylation sites (N-methyl/N-ethyl adjacent to an activating group) is 1. The topological polar surface area (TPSA) is 90.3 Å². The van der Waals surface area contributed by atoms with E-state index in [2.05, 4.69) is 4.57 Å². The molecule has 0 fully saturated rings. The van der Waals surface area contributed by atoms with E-state index < -0.39 is 10.0 Å². The summed E-state index contributed by atoms with van der Waals surface area (Å²) in [5, 5.41) is 0. The summed E-state index contributed by atoms with van der Waals surface area (Å²) in [6.07, 6.45) is 2.02. The van der Waals surface area contributed by atoms with Crippen LogP contribution in [-0.2, 0) is 26.1 Å². The van der Waals surface area contributed by atoms with Gasteiger partial charge in [0.25, 0.3) is 0 Å². The summed E-state index contributed by atoms with van der Waals surface area (Å²) in [5.74, 6) is 1.23. The molecule has 0 saturated heterocycles. The second kappa shape index (κ2) is 11.8. The van der Waals surface area contributed by atoms with Crippen molar-refractivity contribution < 1.29 is 27.4 Å². The fourth-order valence-electron chi connectivity index (χ4n) is 5.16. The lowest BCUT2D eigenvalue weighted by molar-refractivity contribution is -0.138. The number of hydrogen-bond donors (Lipinski definition) is 0. The lowest BCUT2D eigenvalue weighted by Crippen LogP contribution is -2.44. The molecule has 0 N–H and O–H groups in total. The van der Waals surface area contributed by atoms with Crippen LogP contribution in [0.5, 0.6) is 11.5 Å². The number of hydrogen-bond acceptors (Lipinski definition) is 6. The third-order valence-electron chi connectivity index (χ3n) is 7.41. The Morgan fingerprint density at radius 3 is 2.51 bits per heavy atom. The van der Waals surface area contributed by atoms with E-state index in [9.17, 15) is 13.2 Å². The molecule has 1 aromatic heterocycles. The van der Waals surface area contributed by atoms with E-state index in [-0.39, 0.29) is 36.6 Å². The van der Waals surface area contributed by atoms with Crippen molar-refractivity contribution in [3.05, 3.63) is 76.6 Å². The molecular weight excluding hydrogens is 518 g/mol. The largest absolute Gasteiger partial charge is 0.497 e. The molecule has 10 heteroatoms. The molecular formula is C29H37N3O6S. The van der Waals surface area contributed by atoms with Gasteiger partial charge >= 0.3 is 0 Å². The number of carbonyl (C=O) groups is 1. The lowest BCUT2D eigenvalue weighted by atomic mass is 9.99. The first-order valence-electron chi connectivity index (χ1n) is 12.9. The van der Waals surface area contributed by atoms with E-state index in [1.807, 2.05) is 54.4 Å². The molecule has 2 heterocycles. The molecule has 1 amide bonds. The molecule has 0 saturated carbocycles. The molecule has 1 aliphatic heterocycles. The molecule has 210 valence electrons. The molecule has 2 aromatic carbocycles. The number of rotatable bonds is 10. The number of nitrogens with zero attached hydrogens (tertiary/aromatic N) is 3. The van der Waals surface area contributed by atoms with Gasteiger partial charge < -0.3 is 23.7 Å². The van der Waals surface area contributed by atoms with Crippen LogP contribution in [-0.4, -0.2) is 75.7 Å². The van der Waals surface area contributed by atoms with E-state index in [0.29, 0.717) is 30.0 Å². The number of amides is 1. The van der Waals surface area contributed by atoms with Crippen LogP contribution in [0.2, 0.25) is 0 Å². The molecule has 9 nitrogen and oxygen atoms in total. The summed E-state index contributed by atoms with van der Waals surface area (Å²) in [6, 6.07) is 13.2. The molecule has 0 aliphatic carbocycles. The number of sulfonamides is 1. The van der Waals surface area contributed by atoms with Crippen LogP contribution in [0.4, 0.5) is 0 Å².